The number of nitrogens with zero attached hydrogens (tertiary/aromatic N) is 3. The molecule has 0 unspecified atom stereocenters. The molecule has 2 saturated heterocycles. The molecule has 2 aliphatic heterocycles. The number of thioether (sulfide) groups is 1. The second kappa shape index (κ2) is 9.34. The van der Waals surface area contributed by atoms with Crippen LogP contribution in [0.1, 0.15) is 5.56 Å². The number of benzene rings is 2. The Kier molecular flexibility index (Phi) is 6.55. The first-order valence-electron chi connectivity index (χ1n) is 9.70. The molecule has 160 valence electrons. The van der Waals surface area contributed by atoms with Crippen molar-refractivity contribution >= 4 is 63.8 Å². The lowest BCUT2D eigenvalue weighted by atomic mass is 10.2. The van der Waals surface area contributed by atoms with Gasteiger partial charge in [-0.25, -0.2) is 0 Å². The SMILES string of the molecule is O=C(CN1C(=O)S/C(=C/c2ccc(Cl)c(Cl)c2)C1=O)N1CCN(c2ccccc2)CC1. The monoisotopic (exact) mass is 475 g/mol. The number of rotatable bonds is 4. The Labute approximate surface area is 194 Å². The van der Waals surface area contributed by atoms with Crippen molar-refractivity contribution in [2.24, 2.45) is 0 Å². The molecule has 0 N–H and O–H groups in total. The second-order valence-corrected chi connectivity index (χ2v) is 8.95. The molecule has 0 radical (unpaired) electrons. The first-order valence-corrected chi connectivity index (χ1v) is 11.3. The highest BCUT2D eigenvalue weighted by Crippen LogP contribution is 2.33. The van der Waals surface area contributed by atoms with Gasteiger partial charge in [0.05, 0.1) is 15.0 Å². The molecule has 0 atom stereocenters. The molecule has 2 aliphatic rings. The fourth-order valence-electron chi connectivity index (χ4n) is 3.48. The summed E-state index contributed by atoms with van der Waals surface area (Å²) in [6, 6.07) is 15.0. The van der Waals surface area contributed by atoms with Crippen LogP contribution in [-0.2, 0) is 9.59 Å². The molecule has 0 saturated carbocycles. The van der Waals surface area contributed by atoms with Crippen molar-refractivity contribution < 1.29 is 14.4 Å². The van der Waals surface area contributed by atoms with Gasteiger partial charge in [-0.2, -0.15) is 0 Å². The maximum Gasteiger partial charge on any atom is 0.294 e. The quantitative estimate of drug-likeness (QED) is 0.614. The summed E-state index contributed by atoms with van der Waals surface area (Å²) in [6.45, 7) is 2.24. The zero-order chi connectivity index (χ0) is 22.0. The van der Waals surface area contributed by atoms with Crippen molar-refractivity contribution in [2.45, 2.75) is 0 Å². The third-order valence-electron chi connectivity index (χ3n) is 5.16. The Hall–Kier alpha value is -2.48. The minimum atomic E-state index is -0.475. The standard InChI is InChI=1S/C22H19Cl2N3O3S/c23-17-7-6-15(12-18(17)24)13-19-21(29)27(22(30)31-19)14-20(28)26-10-8-25(9-11-26)16-4-2-1-3-5-16/h1-7,12-13H,8-11,14H2/b19-13+. The van der Waals surface area contributed by atoms with Gasteiger partial charge >= 0.3 is 0 Å². The molecule has 6 nitrogen and oxygen atoms in total. The fraction of sp³-hybridized carbons (Fsp3) is 0.227. The minimum absolute atomic E-state index is 0.231. The number of amides is 3. The van der Waals surface area contributed by atoms with Crippen LogP contribution in [0.15, 0.2) is 53.4 Å². The average molecular weight is 476 g/mol. The molecule has 31 heavy (non-hydrogen) atoms. The smallest absolute Gasteiger partial charge is 0.294 e. The zero-order valence-corrected chi connectivity index (χ0v) is 18.8. The normalized spacial score (nSPS) is 18.3. The van der Waals surface area contributed by atoms with E-state index in [2.05, 4.69) is 4.90 Å². The maximum atomic E-state index is 12.7. The highest BCUT2D eigenvalue weighted by atomic mass is 35.5. The largest absolute Gasteiger partial charge is 0.368 e. The van der Waals surface area contributed by atoms with Gasteiger partial charge in [0.25, 0.3) is 11.1 Å². The third-order valence-corrected chi connectivity index (χ3v) is 6.81. The summed E-state index contributed by atoms with van der Waals surface area (Å²) in [6.07, 6.45) is 1.58. The number of hydrogen-bond donors (Lipinski definition) is 0. The van der Waals surface area contributed by atoms with Crippen LogP contribution in [-0.4, -0.2) is 59.6 Å². The van der Waals surface area contributed by atoms with Gasteiger partial charge in [-0.3, -0.25) is 19.3 Å². The average Bonchev–Trinajstić information content (AvgIpc) is 3.04. The summed E-state index contributed by atoms with van der Waals surface area (Å²) in [5.74, 6) is -0.705. The van der Waals surface area contributed by atoms with E-state index < -0.39 is 11.1 Å². The minimum Gasteiger partial charge on any atom is -0.368 e. The summed E-state index contributed by atoms with van der Waals surface area (Å²) in [5.41, 5.74) is 1.77. The van der Waals surface area contributed by atoms with Gasteiger partial charge in [0, 0.05) is 31.9 Å². The topological polar surface area (TPSA) is 60.9 Å². The van der Waals surface area contributed by atoms with Crippen LogP contribution in [0, 0.1) is 0 Å². The van der Waals surface area contributed by atoms with Crippen molar-refractivity contribution in [1.29, 1.82) is 0 Å². The van der Waals surface area contributed by atoms with Crippen molar-refractivity contribution in [1.82, 2.24) is 9.80 Å². The van der Waals surface area contributed by atoms with Crippen LogP contribution in [0.5, 0.6) is 0 Å². The number of carbonyl (C=O) groups is 3. The van der Waals surface area contributed by atoms with Crippen LogP contribution in [0.4, 0.5) is 10.5 Å². The number of para-hydroxylation sites is 1. The van der Waals surface area contributed by atoms with Crippen molar-refractivity contribution in [3.05, 3.63) is 69.0 Å². The van der Waals surface area contributed by atoms with E-state index in [1.807, 2.05) is 30.3 Å². The fourth-order valence-corrected chi connectivity index (χ4v) is 4.62. The van der Waals surface area contributed by atoms with Gasteiger partial charge < -0.3 is 9.80 Å². The van der Waals surface area contributed by atoms with E-state index in [1.54, 1.807) is 29.2 Å². The number of imide groups is 1. The lowest BCUT2D eigenvalue weighted by Crippen LogP contribution is -2.51. The molecule has 2 heterocycles. The molecule has 0 bridgehead atoms. The van der Waals surface area contributed by atoms with Crippen LogP contribution < -0.4 is 4.90 Å². The van der Waals surface area contributed by atoms with E-state index in [4.69, 9.17) is 23.2 Å². The van der Waals surface area contributed by atoms with Gasteiger partial charge in [-0.1, -0.05) is 47.5 Å². The Balaban J connectivity index is 1.37. The Morgan fingerprint density at radius 2 is 1.68 bits per heavy atom. The predicted molar refractivity (Wildman–Crippen MR) is 124 cm³/mol. The van der Waals surface area contributed by atoms with Gasteiger partial charge in [-0.15, -0.1) is 0 Å². The maximum absolute atomic E-state index is 12.7. The Morgan fingerprint density at radius 3 is 2.35 bits per heavy atom. The molecule has 3 amide bonds. The number of hydrogen-bond acceptors (Lipinski definition) is 5. The number of piperazine rings is 1. The number of halogens is 2. The van der Waals surface area contributed by atoms with Crippen LogP contribution in [0.2, 0.25) is 10.0 Å². The number of carbonyl (C=O) groups excluding carboxylic acids is 3. The molecule has 2 fully saturated rings. The molecule has 9 heteroatoms. The van der Waals surface area contributed by atoms with Gasteiger partial charge in [0.15, 0.2) is 0 Å². The lowest BCUT2D eigenvalue weighted by Gasteiger charge is -2.36. The molecule has 0 aromatic heterocycles. The third kappa shape index (κ3) is 4.89. The molecule has 4 rings (SSSR count). The molecule has 0 spiro atoms. The molecule has 2 aromatic carbocycles. The number of anilines is 1. The summed E-state index contributed by atoms with van der Waals surface area (Å²) < 4.78 is 0. The van der Waals surface area contributed by atoms with E-state index >= 15 is 0 Å². The molecular formula is C22H19Cl2N3O3S. The van der Waals surface area contributed by atoms with Crippen molar-refractivity contribution in [3.8, 4) is 0 Å². The van der Waals surface area contributed by atoms with Gasteiger partial charge in [0.2, 0.25) is 5.91 Å². The summed E-state index contributed by atoms with van der Waals surface area (Å²) in [5, 5.41) is 0.317. The lowest BCUT2D eigenvalue weighted by molar-refractivity contribution is -0.136. The zero-order valence-electron chi connectivity index (χ0n) is 16.5. The van der Waals surface area contributed by atoms with Crippen LogP contribution in [0.25, 0.3) is 6.08 Å². The summed E-state index contributed by atoms with van der Waals surface area (Å²) in [4.78, 5) is 43.0. The molecule has 2 aromatic rings. The molecule has 0 aliphatic carbocycles. The van der Waals surface area contributed by atoms with E-state index in [0.29, 0.717) is 41.8 Å². The van der Waals surface area contributed by atoms with Gasteiger partial charge in [-0.05, 0) is 47.7 Å². The van der Waals surface area contributed by atoms with E-state index in [9.17, 15) is 14.4 Å². The Morgan fingerprint density at radius 1 is 0.968 bits per heavy atom. The van der Waals surface area contributed by atoms with E-state index in [1.165, 1.54) is 0 Å². The highest BCUT2D eigenvalue weighted by molar-refractivity contribution is 8.18. The van der Waals surface area contributed by atoms with Crippen LogP contribution in [0.3, 0.4) is 0 Å². The van der Waals surface area contributed by atoms with Crippen molar-refractivity contribution in [3.63, 3.8) is 0 Å². The summed E-state index contributed by atoms with van der Waals surface area (Å²) in [7, 11) is 0. The van der Waals surface area contributed by atoms with Gasteiger partial charge in [0.1, 0.15) is 6.54 Å². The first-order chi connectivity index (χ1) is 14.9. The van der Waals surface area contributed by atoms with E-state index in [0.717, 1.165) is 22.3 Å². The second-order valence-electron chi connectivity index (χ2n) is 7.14. The predicted octanol–water partition coefficient (Wildman–Crippen LogP) is 4.38. The highest BCUT2D eigenvalue weighted by Gasteiger charge is 2.37. The van der Waals surface area contributed by atoms with E-state index in [-0.39, 0.29) is 17.4 Å². The molecular weight excluding hydrogens is 457 g/mol. The first kappa shape index (κ1) is 21.7. The summed E-state index contributed by atoms with van der Waals surface area (Å²) >= 11 is 12.7. The van der Waals surface area contributed by atoms with Crippen LogP contribution >= 0.6 is 35.0 Å². The van der Waals surface area contributed by atoms with Crippen molar-refractivity contribution in [2.75, 3.05) is 37.6 Å². The Bertz CT molecular complexity index is 1050.